The molecule has 0 saturated carbocycles. The highest BCUT2D eigenvalue weighted by Crippen LogP contribution is 2.24. The number of methoxy groups -OCH3 is 1. The van der Waals surface area contributed by atoms with Crippen molar-refractivity contribution in [3.8, 4) is 5.75 Å². The Balaban J connectivity index is 2.33. The smallest absolute Gasteiger partial charge is 0.282 e. The number of amides is 1. The zero-order valence-corrected chi connectivity index (χ0v) is 11.6. The summed E-state index contributed by atoms with van der Waals surface area (Å²) in [5.74, 6) is -0.0771. The largest absolute Gasteiger partial charge is 0.497 e. The SMILES string of the molecule is COc1ccc([N+](=O)[O-])c(C(=O)Nc2ccc(Cl)cn2)c1. The molecule has 7 nitrogen and oxygen atoms in total. The van der Waals surface area contributed by atoms with Crippen LogP contribution in [0.1, 0.15) is 10.4 Å². The molecule has 2 rings (SSSR count). The molecule has 0 bridgehead atoms. The minimum Gasteiger partial charge on any atom is -0.497 e. The minimum atomic E-state index is -0.657. The first-order valence-corrected chi connectivity index (χ1v) is 6.14. The van der Waals surface area contributed by atoms with Gasteiger partial charge in [0.2, 0.25) is 0 Å². The fourth-order valence-electron chi connectivity index (χ4n) is 1.62. The molecule has 1 amide bonds. The van der Waals surface area contributed by atoms with Gasteiger partial charge in [0.25, 0.3) is 11.6 Å². The highest BCUT2D eigenvalue weighted by Gasteiger charge is 2.21. The number of nitro benzene ring substituents is 1. The molecule has 0 saturated heterocycles. The van der Waals surface area contributed by atoms with E-state index in [1.807, 2.05) is 0 Å². The molecule has 0 fully saturated rings. The molecule has 0 aliphatic carbocycles. The summed E-state index contributed by atoms with van der Waals surface area (Å²) >= 11 is 5.69. The van der Waals surface area contributed by atoms with Crippen LogP contribution in [0.4, 0.5) is 11.5 Å². The Morgan fingerprint density at radius 1 is 1.38 bits per heavy atom. The lowest BCUT2D eigenvalue weighted by Crippen LogP contribution is -2.15. The van der Waals surface area contributed by atoms with Gasteiger partial charge >= 0.3 is 0 Å². The molecule has 1 aromatic heterocycles. The van der Waals surface area contributed by atoms with Gasteiger partial charge in [-0.25, -0.2) is 4.98 Å². The van der Waals surface area contributed by atoms with Gasteiger partial charge in [0.05, 0.1) is 17.1 Å². The predicted molar refractivity (Wildman–Crippen MR) is 76.8 cm³/mol. The van der Waals surface area contributed by atoms with E-state index in [4.69, 9.17) is 16.3 Å². The van der Waals surface area contributed by atoms with E-state index in [9.17, 15) is 14.9 Å². The highest BCUT2D eigenvalue weighted by molar-refractivity contribution is 6.30. The van der Waals surface area contributed by atoms with Gasteiger partial charge in [-0.05, 0) is 24.3 Å². The van der Waals surface area contributed by atoms with Crippen LogP contribution in [0.5, 0.6) is 5.75 Å². The number of aromatic nitrogens is 1. The van der Waals surface area contributed by atoms with Gasteiger partial charge in [-0.2, -0.15) is 0 Å². The number of benzene rings is 1. The molecule has 0 spiro atoms. The minimum absolute atomic E-state index is 0.115. The number of hydrogen-bond acceptors (Lipinski definition) is 5. The van der Waals surface area contributed by atoms with E-state index in [0.29, 0.717) is 10.8 Å². The lowest BCUT2D eigenvalue weighted by atomic mass is 10.1. The van der Waals surface area contributed by atoms with Crippen molar-refractivity contribution in [2.24, 2.45) is 0 Å². The lowest BCUT2D eigenvalue weighted by Gasteiger charge is -2.07. The number of nitrogens with one attached hydrogen (secondary N) is 1. The molecule has 0 unspecified atom stereocenters. The number of halogens is 1. The third-order valence-electron chi connectivity index (χ3n) is 2.61. The van der Waals surface area contributed by atoms with Crippen LogP contribution in [-0.4, -0.2) is 22.9 Å². The molecule has 108 valence electrons. The first kappa shape index (κ1) is 14.7. The van der Waals surface area contributed by atoms with Crippen molar-refractivity contribution >= 4 is 29.0 Å². The monoisotopic (exact) mass is 307 g/mol. The Kier molecular flexibility index (Phi) is 4.34. The summed E-state index contributed by atoms with van der Waals surface area (Å²) < 4.78 is 4.97. The number of hydrogen-bond donors (Lipinski definition) is 1. The number of carbonyl (C=O) groups is 1. The number of nitrogens with zero attached hydrogens (tertiary/aromatic N) is 2. The number of carbonyl (C=O) groups excluding carboxylic acids is 1. The van der Waals surface area contributed by atoms with Gasteiger partial charge in [-0.15, -0.1) is 0 Å². The maximum atomic E-state index is 12.1. The number of rotatable bonds is 4. The number of anilines is 1. The second kappa shape index (κ2) is 6.19. The molecule has 0 radical (unpaired) electrons. The van der Waals surface area contributed by atoms with Gasteiger partial charge < -0.3 is 10.1 Å². The van der Waals surface area contributed by atoms with Crippen molar-refractivity contribution in [2.45, 2.75) is 0 Å². The van der Waals surface area contributed by atoms with Crippen LogP contribution in [0.2, 0.25) is 5.02 Å². The molecular weight excluding hydrogens is 298 g/mol. The molecule has 1 N–H and O–H groups in total. The molecular formula is C13H10ClN3O4. The Morgan fingerprint density at radius 2 is 2.14 bits per heavy atom. The van der Waals surface area contributed by atoms with Gasteiger partial charge in [0.15, 0.2) is 0 Å². The quantitative estimate of drug-likeness (QED) is 0.692. The summed E-state index contributed by atoms with van der Waals surface area (Å²) in [7, 11) is 1.41. The molecule has 8 heteroatoms. The van der Waals surface area contributed by atoms with Crippen molar-refractivity contribution < 1.29 is 14.5 Å². The van der Waals surface area contributed by atoms with E-state index in [-0.39, 0.29) is 17.1 Å². The summed E-state index contributed by atoms with van der Waals surface area (Å²) in [4.78, 5) is 26.4. The van der Waals surface area contributed by atoms with Gasteiger partial charge in [-0.3, -0.25) is 14.9 Å². The summed E-state index contributed by atoms with van der Waals surface area (Å²) in [5, 5.41) is 13.9. The maximum absolute atomic E-state index is 12.1. The maximum Gasteiger partial charge on any atom is 0.282 e. The van der Waals surface area contributed by atoms with Crippen molar-refractivity contribution in [2.75, 3.05) is 12.4 Å². The summed E-state index contributed by atoms with van der Waals surface area (Å²) in [6, 6.07) is 6.96. The Bertz CT molecular complexity index is 688. The van der Waals surface area contributed by atoms with Crippen molar-refractivity contribution in [3.05, 3.63) is 57.2 Å². The molecule has 1 heterocycles. The molecule has 0 aliphatic rings. The zero-order valence-electron chi connectivity index (χ0n) is 10.9. The normalized spacial score (nSPS) is 10.0. The summed E-state index contributed by atoms with van der Waals surface area (Å²) in [6.45, 7) is 0. The predicted octanol–water partition coefficient (Wildman–Crippen LogP) is 2.90. The van der Waals surface area contributed by atoms with Crippen LogP contribution in [-0.2, 0) is 0 Å². The number of ether oxygens (including phenoxy) is 1. The van der Waals surface area contributed by atoms with E-state index in [1.54, 1.807) is 6.07 Å². The van der Waals surface area contributed by atoms with E-state index in [2.05, 4.69) is 10.3 Å². The Hall–Kier alpha value is -2.67. The molecule has 21 heavy (non-hydrogen) atoms. The second-order valence-corrected chi connectivity index (χ2v) is 4.39. The Labute approximate surface area is 124 Å². The zero-order chi connectivity index (χ0) is 15.4. The standard InChI is InChI=1S/C13H10ClN3O4/c1-21-9-3-4-11(17(19)20)10(6-9)13(18)16-12-5-2-8(14)7-15-12/h2-7H,1H3,(H,15,16,18). The van der Waals surface area contributed by atoms with E-state index in [1.165, 1.54) is 37.6 Å². The van der Waals surface area contributed by atoms with Crippen LogP contribution in [0, 0.1) is 10.1 Å². The molecule has 0 aliphatic heterocycles. The average Bonchev–Trinajstić information content (AvgIpc) is 2.48. The van der Waals surface area contributed by atoms with Crippen molar-refractivity contribution in [3.63, 3.8) is 0 Å². The van der Waals surface area contributed by atoms with Gasteiger partial charge in [0, 0.05) is 12.3 Å². The van der Waals surface area contributed by atoms with Crippen LogP contribution in [0.15, 0.2) is 36.5 Å². The first-order valence-electron chi connectivity index (χ1n) is 5.76. The average molecular weight is 308 g/mol. The van der Waals surface area contributed by atoms with Crippen LogP contribution in [0.3, 0.4) is 0 Å². The third kappa shape index (κ3) is 3.46. The van der Waals surface area contributed by atoms with E-state index >= 15 is 0 Å². The summed E-state index contributed by atoms with van der Waals surface area (Å²) in [6.07, 6.45) is 1.36. The van der Waals surface area contributed by atoms with Crippen molar-refractivity contribution in [1.29, 1.82) is 0 Å². The van der Waals surface area contributed by atoms with Gasteiger partial charge in [-0.1, -0.05) is 11.6 Å². The first-order chi connectivity index (χ1) is 10.0. The Morgan fingerprint density at radius 3 is 2.71 bits per heavy atom. The van der Waals surface area contributed by atoms with E-state index < -0.39 is 10.8 Å². The fraction of sp³-hybridized carbons (Fsp3) is 0.0769. The molecule has 1 aromatic carbocycles. The van der Waals surface area contributed by atoms with Crippen LogP contribution < -0.4 is 10.1 Å². The number of nitro groups is 1. The number of pyridine rings is 1. The summed E-state index contributed by atoms with van der Waals surface area (Å²) in [5.41, 5.74) is -0.432. The highest BCUT2D eigenvalue weighted by atomic mass is 35.5. The fourth-order valence-corrected chi connectivity index (χ4v) is 1.73. The second-order valence-electron chi connectivity index (χ2n) is 3.96. The van der Waals surface area contributed by atoms with Gasteiger partial charge in [0.1, 0.15) is 17.1 Å². The van der Waals surface area contributed by atoms with Crippen LogP contribution >= 0.6 is 11.6 Å². The molecule has 0 atom stereocenters. The third-order valence-corrected chi connectivity index (χ3v) is 2.84. The molecule has 2 aromatic rings. The van der Waals surface area contributed by atoms with Crippen molar-refractivity contribution in [1.82, 2.24) is 4.98 Å². The van der Waals surface area contributed by atoms with E-state index in [0.717, 1.165) is 0 Å². The topological polar surface area (TPSA) is 94.4 Å². The van der Waals surface area contributed by atoms with Crippen LogP contribution in [0.25, 0.3) is 0 Å². The lowest BCUT2D eigenvalue weighted by molar-refractivity contribution is -0.385.